The number of hydrogen-bond acceptors (Lipinski definition) is 4. The minimum Gasteiger partial charge on any atom is -0.325 e. The zero-order chi connectivity index (χ0) is 18.0. The van der Waals surface area contributed by atoms with Gasteiger partial charge in [-0.2, -0.15) is 23.4 Å². The molecule has 1 aromatic heterocycles. The van der Waals surface area contributed by atoms with Crippen molar-refractivity contribution in [2.45, 2.75) is 25.6 Å². The lowest BCUT2D eigenvalue weighted by molar-refractivity contribution is -0.169. The number of carbonyl (C=O) groups is 1. The maximum atomic E-state index is 12.7. The van der Waals surface area contributed by atoms with Gasteiger partial charge in [0.05, 0.1) is 17.7 Å². The maximum Gasteiger partial charge on any atom is 0.393 e. The molecule has 1 saturated heterocycles. The quantitative estimate of drug-likeness (QED) is 0.849. The van der Waals surface area contributed by atoms with Crippen LogP contribution in [-0.4, -0.2) is 34.9 Å². The van der Waals surface area contributed by atoms with E-state index in [1.54, 1.807) is 30.5 Å². The largest absolute Gasteiger partial charge is 0.393 e. The molecule has 0 saturated carbocycles. The molecule has 1 aromatic carbocycles. The summed E-state index contributed by atoms with van der Waals surface area (Å²) in [5.41, 5.74) is 2.92. The second kappa shape index (κ2) is 8.01. The number of aryl methyl sites for hydroxylation is 1. The highest BCUT2D eigenvalue weighted by Crippen LogP contribution is 2.33. The summed E-state index contributed by atoms with van der Waals surface area (Å²) in [6, 6.07) is 7.98. The highest BCUT2D eigenvalue weighted by molar-refractivity contribution is 5.95. The van der Waals surface area contributed by atoms with Gasteiger partial charge in [0.1, 0.15) is 0 Å². The van der Waals surface area contributed by atoms with Crippen molar-refractivity contribution < 1.29 is 18.0 Å². The summed E-state index contributed by atoms with van der Waals surface area (Å²) in [7, 11) is 0. The monoisotopic (exact) mass is 386 g/mol. The van der Waals surface area contributed by atoms with Gasteiger partial charge in [-0.3, -0.25) is 4.79 Å². The zero-order valence-electron chi connectivity index (χ0n) is 13.9. The van der Waals surface area contributed by atoms with Gasteiger partial charge in [-0.25, -0.2) is 0 Å². The molecule has 1 aliphatic rings. The fourth-order valence-electron chi connectivity index (χ4n) is 2.84. The first-order valence-corrected chi connectivity index (χ1v) is 7.84. The predicted molar refractivity (Wildman–Crippen MR) is 94.0 cm³/mol. The van der Waals surface area contributed by atoms with Gasteiger partial charge in [-0.15, -0.1) is 12.4 Å². The second-order valence-corrected chi connectivity index (χ2v) is 6.06. The van der Waals surface area contributed by atoms with Crippen molar-refractivity contribution in [3.8, 4) is 11.3 Å². The van der Waals surface area contributed by atoms with Gasteiger partial charge >= 0.3 is 6.18 Å². The molecule has 1 amide bonds. The molecule has 140 valence electrons. The van der Waals surface area contributed by atoms with E-state index >= 15 is 0 Å². The first-order valence-electron chi connectivity index (χ1n) is 7.84. The molecule has 2 unspecified atom stereocenters. The van der Waals surface area contributed by atoms with Crippen LogP contribution in [0.3, 0.4) is 0 Å². The first kappa shape index (κ1) is 20.1. The van der Waals surface area contributed by atoms with Crippen molar-refractivity contribution in [3.63, 3.8) is 0 Å². The molecule has 0 aliphatic carbocycles. The van der Waals surface area contributed by atoms with Crippen molar-refractivity contribution >= 4 is 24.0 Å². The minimum atomic E-state index is -4.29. The number of rotatable bonds is 3. The molecule has 2 N–H and O–H groups in total. The van der Waals surface area contributed by atoms with E-state index in [2.05, 4.69) is 20.8 Å². The third-order valence-electron chi connectivity index (χ3n) is 4.26. The van der Waals surface area contributed by atoms with Crippen LogP contribution in [-0.2, 0) is 4.79 Å². The van der Waals surface area contributed by atoms with E-state index in [4.69, 9.17) is 0 Å². The van der Waals surface area contributed by atoms with Crippen LogP contribution in [0.1, 0.15) is 12.0 Å². The normalized spacial score (nSPS) is 19.7. The summed E-state index contributed by atoms with van der Waals surface area (Å²) in [6.45, 7) is 1.67. The number of carbonyl (C=O) groups excluding carboxylic acids is 1. The number of amides is 1. The molecule has 0 spiro atoms. The van der Waals surface area contributed by atoms with Gasteiger partial charge in [0.15, 0.2) is 0 Å². The Bertz CT molecular complexity index is 770. The molecule has 26 heavy (non-hydrogen) atoms. The van der Waals surface area contributed by atoms with Gasteiger partial charge in [0.2, 0.25) is 5.91 Å². The molecule has 1 fully saturated rings. The highest BCUT2D eigenvalue weighted by Gasteiger charge is 2.45. The van der Waals surface area contributed by atoms with Crippen LogP contribution in [0.2, 0.25) is 0 Å². The Balaban J connectivity index is 0.00000243. The fraction of sp³-hybridized carbons (Fsp3) is 0.353. The van der Waals surface area contributed by atoms with Crippen molar-refractivity contribution in [1.82, 2.24) is 15.5 Å². The van der Waals surface area contributed by atoms with E-state index in [0.29, 0.717) is 11.4 Å². The molecule has 0 radical (unpaired) electrons. The highest BCUT2D eigenvalue weighted by atomic mass is 35.5. The smallest absolute Gasteiger partial charge is 0.325 e. The topological polar surface area (TPSA) is 66.9 Å². The van der Waals surface area contributed by atoms with Crippen LogP contribution in [0.5, 0.6) is 0 Å². The molecule has 2 aromatic rings. The Morgan fingerprint density at radius 1 is 1.31 bits per heavy atom. The Morgan fingerprint density at radius 2 is 2.08 bits per heavy atom. The second-order valence-electron chi connectivity index (χ2n) is 6.06. The van der Waals surface area contributed by atoms with E-state index in [0.717, 1.165) is 11.1 Å². The number of hydrogen-bond donors (Lipinski definition) is 2. The molecular weight excluding hydrogens is 369 g/mol. The van der Waals surface area contributed by atoms with Crippen LogP contribution in [0, 0.1) is 12.8 Å². The van der Waals surface area contributed by atoms with Crippen molar-refractivity contribution in [2.24, 2.45) is 5.92 Å². The molecule has 2 atom stereocenters. The minimum absolute atomic E-state index is 0. The van der Waals surface area contributed by atoms with Crippen molar-refractivity contribution in [3.05, 3.63) is 42.1 Å². The van der Waals surface area contributed by atoms with E-state index in [1.807, 2.05) is 13.0 Å². The Labute approximate surface area is 154 Å². The lowest BCUT2D eigenvalue weighted by Gasteiger charge is -2.14. The maximum absolute atomic E-state index is 12.7. The van der Waals surface area contributed by atoms with Crippen LogP contribution >= 0.6 is 12.4 Å². The number of anilines is 1. The summed E-state index contributed by atoms with van der Waals surface area (Å²) in [4.78, 5) is 12.3. The van der Waals surface area contributed by atoms with E-state index in [-0.39, 0.29) is 25.4 Å². The molecule has 0 bridgehead atoms. The lowest BCUT2D eigenvalue weighted by atomic mass is 10.0. The number of nitrogens with zero attached hydrogens (tertiary/aromatic N) is 2. The lowest BCUT2D eigenvalue weighted by Crippen LogP contribution is -2.35. The Hall–Kier alpha value is -2.19. The van der Waals surface area contributed by atoms with Crippen LogP contribution < -0.4 is 10.6 Å². The number of halogens is 4. The van der Waals surface area contributed by atoms with Crippen molar-refractivity contribution in [1.29, 1.82) is 0 Å². The van der Waals surface area contributed by atoms with E-state index < -0.39 is 24.0 Å². The average molecular weight is 387 g/mol. The average Bonchev–Trinajstić information content (AvgIpc) is 3.08. The SMILES string of the molecule is Cc1ccc(NC(=O)C2CC(C(F)(F)F)CN2)cc1-c1cccnn1.Cl. The van der Waals surface area contributed by atoms with Gasteiger partial charge in [-0.1, -0.05) is 6.07 Å². The van der Waals surface area contributed by atoms with E-state index in [1.165, 1.54) is 0 Å². The van der Waals surface area contributed by atoms with Crippen LogP contribution in [0.25, 0.3) is 11.3 Å². The summed E-state index contributed by atoms with van der Waals surface area (Å²) >= 11 is 0. The van der Waals surface area contributed by atoms with Crippen LogP contribution in [0.15, 0.2) is 36.5 Å². The molecule has 1 aliphatic heterocycles. The van der Waals surface area contributed by atoms with Gasteiger partial charge in [-0.05, 0) is 43.2 Å². The molecule has 9 heteroatoms. The van der Waals surface area contributed by atoms with Gasteiger partial charge < -0.3 is 10.6 Å². The predicted octanol–water partition coefficient (Wildman–Crippen LogP) is 3.35. The number of nitrogens with one attached hydrogen (secondary N) is 2. The number of aromatic nitrogens is 2. The van der Waals surface area contributed by atoms with Gasteiger partial charge in [0, 0.05) is 24.0 Å². The standard InChI is InChI=1S/C17H17F3N4O.ClH/c1-10-4-5-12(8-13(10)14-3-2-6-22-24-14)23-16(25)15-7-11(9-21-15)17(18,19)20;/h2-6,8,11,15,21H,7,9H2,1H3,(H,23,25);1H. The molecule has 2 heterocycles. The number of alkyl halides is 3. The first-order chi connectivity index (χ1) is 11.8. The molecular formula is C17H18ClF3N4O. The van der Waals surface area contributed by atoms with Gasteiger partial charge in [0.25, 0.3) is 0 Å². The summed E-state index contributed by atoms with van der Waals surface area (Å²) < 4.78 is 38.2. The van der Waals surface area contributed by atoms with Crippen LogP contribution in [0.4, 0.5) is 18.9 Å². The third kappa shape index (κ3) is 4.50. The third-order valence-corrected chi connectivity index (χ3v) is 4.26. The number of benzene rings is 1. The molecule has 5 nitrogen and oxygen atoms in total. The Kier molecular flexibility index (Phi) is 6.20. The Morgan fingerprint density at radius 3 is 2.69 bits per heavy atom. The summed E-state index contributed by atoms with van der Waals surface area (Å²) in [6.07, 6.45) is -2.98. The van der Waals surface area contributed by atoms with E-state index in [9.17, 15) is 18.0 Å². The van der Waals surface area contributed by atoms with Crippen molar-refractivity contribution in [2.75, 3.05) is 11.9 Å². The summed E-state index contributed by atoms with van der Waals surface area (Å²) in [5.74, 6) is -1.96. The molecule has 3 rings (SSSR count). The fourth-order valence-corrected chi connectivity index (χ4v) is 2.84. The summed E-state index contributed by atoms with van der Waals surface area (Å²) in [5, 5.41) is 13.2. The zero-order valence-corrected chi connectivity index (χ0v) is 14.7.